The summed E-state index contributed by atoms with van der Waals surface area (Å²) in [5.74, 6) is -0.239. The molecule has 0 fully saturated rings. The van der Waals surface area contributed by atoms with Crippen molar-refractivity contribution in [3.63, 3.8) is 0 Å². The number of nitrogens with two attached hydrogens (primary N) is 1. The second-order valence-electron chi connectivity index (χ2n) is 3.19. The molecule has 0 saturated carbocycles. The minimum Gasteiger partial charge on any atom is -0.348 e. The molecule has 0 aromatic heterocycles. The van der Waals surface area contributed by atoms with E-state index < -0.39 is 6.04 Å². The van der Waals surface area contributed by atoms with E-state index in [9.17, 15) is 9.59 Å². The summed E-state index contributed by atoms with van der Waals surface area (Å²) >= 11 is 0. The van der Waals surface area contributed by atoms with E-state index in [0.29, 0.717) is 0 Å². The Morgan fingerprint density at radius 3 is 2.25 bits per heavy atom. The third-order valence-electron chi connectivity index (χ3n) is 1.53. The van der Waals surface area contributed by atoms with Gasteiger partial charge in [-0.05, 0) is 12.8 Å². The van der Waals surface area contributed by atoms with Gasteiger partial charge >= 0.3 is 0 Å². The smallest absolute Gasteiger partial charge is 0.237 e. The van der Waals surface area contributed by atoms with Crippen LogP contribution >= 0.6 is 0 Å². The molecule has 12 heavy (non-hydrogen) atoms. The predicted molar refractivity (Wildman–Crippen MR) is 46.5 cm³/mol. The molecule has 0 aliphatic heterocycles. The molecule has 0 bridgehead atoms. The van der Waals surface area contributed by atoms with Crippen LogP contribution in [-0.4, -0.2) is 24.3 Å². The lowest BCUT2D eigenvalue weighted by atomic mass is 10.1. The fraction of sp³-hybridized carbons (Fsp3) is 0.750. The molecular formula is C8H16N2O2. The van der Waals surface area contributed by atoms with E-state index in [1.54, 1.807) is 0 Å². The third kappa shape index (κ3) is 4.08. The monoisotopic (exact) mass is 172 g/mol. The van der Waals surface area contributed by atoms with Gasteiger partial charge in [0.05, 0.1) is 12.6 Å². The summed E-state index contributed by atoms with van der Waals surface area (Å²) in [4.78, 5) is 21.6. The number of carbonyl (C=O) groups is 2. The molecule has 70 valence electrons. The van der Waals surface area contributed by atoms with E-state index in [-0.39, 0.29) is 24.2 Å². The van der Waals surface area contributed by atoms with Crippen LogP contribution in [-0.2, 0) is 9.59 Å². The topological polar surface area (TPSA) is 72.2 Å². The van der Waals surface area contributed by atoms with Crippen molar-refractivity contribution in [1.29, 1.82) is 0 Å². The fourth-order valence-electron chi connectivity index (χ4n) is 0.632. The van der Waals surface area contributed by atoms with Crippen LogP contribution in [0.5, 0.6) is 0 Å². The van der Waals surface area contributed by atoms with Crippen LogP contribution in [0.15, 0.2) is 0 Å². The summed E-state index contributed by atoms with van der Waals surface area (Å²) < 4.78 is 0. The maximum absolute atomic E-state index is 11.1. The van der Waals surface area contributed by atoms with Crippen LogP contribution in [0, 0.1) is 5.92 Å². The Labute approximate surface area is 72.5 Å². The van der Waals surface area contributed by atoms with Gasteiger partial charge in [-0.3, -0.25) is 9.59 Å². The molecule has 0 aromatic carbocycles. The average Bonchev–Trinajstić information content (AvgIpc) is 1.98. The number of amides is 1. The fourth-order valence-corrected chi connectivity index (χ4v) is 0.632. The largest absolute Gasteiger partial charge is 0.348 e. The van der Waals surface area contributed by atoms with Crippen molar-refractivity contribution in [3.05, 3.63) is 0 Å². The summed E-state index contributed by atoms with van der Waals surface area (Å²) in [5, 5.41) is 2.45. The Hall–Kier alpha value is -0.900. The number of rotatable bonds is 4. The van der Waals surface area contributed by atoms with Gasteiger partial charge in [-0.25, -0.2) is 0 Å². The number of hydrogen-bond donors (Lipinski definition) is 2. The molecule has 0 aliphatic carbocycles. The summed E-state index contributed by atoms with van der Waals surface area (Å²) in [6.07, 6.45) is 0. The highest BCUT2D eigenvalue weighted by atomic mass is 16.2. The summed E-state index contributed by atoms with van der Waals surface area (Å²) in [7, 11) is 0. The van der Waals surface area contributed by atoms with Gasteiger partial charge in [-0.2, -0.15) is 0 Å². The van der Waals surface area contributed by atoms with E-state index in [2.05, 4.69) is 5.32 Å². The Balaban J connectivity index is 3.80. The molecule has 1 amide bonds. The molecule has 0 aromatic rings. The molecule has 0 spiro atoms. The van der Waals surface area contributed by atoms with Crippen LogP contribution in [0.2, 0.25) is 0 Å². The molecule has 0 saturated heterocycles. The van der Waals surface area contributed by atoms with Gasteiger partial charge in [-0.15, -0.1) is 0 Å². The molecule has 4 nitrogen and oxygen atoms in total. The Bertz CT molecular complexity index is 178. The van der Waals surface area contributed by atoms with Crippen molar-refractivity contribution in [2.24, 2.45) is 11.7 Å². The highest BCUT2D eigenvalue weighted by Gasteiger charge is 2.16. The number of Topliss-reactive ketones (excluding diaryl/α,β-unsaturated/α-hetero) is 1. The van der Waals surface area contributed by atoms with Crippen molar-refractivity contribution in [2.45, 2.75) is 26.8 Å². The van der Waals surface area contributed by atoms with Gasteiger partial charge in [0.2, 0.25) is 5.91 Å². The number of carbonyl (C=O) groups excluding carboxylic acids is 2. The molecular weight excluding hydrogens is 156 g/mol. The Morgan fingerprint density at radius 2 is 1.92 bits per heavy atom. The first-order chi connectivity index (χ1) is 5.45. The van der Waals surface area contributed by atoms with E-state index in [4.69, 9.17) is 5.73 Å². The lowest BCUT2D eigenvalue weighted by Gasteiger charge is -2.14. The van der Waals surface area contributed by atoms with E-state index in [1.807, 2.05) is 13.8 Å². The maximum Gasteiger partial charge on any atom is 0.237 e. The second-order valence-corrected chi connectivity index (χ2v) is 3.19. The summed E-state index contributed by atoms with van der Waals surface area (Å²) in [5.41, 5.74) is 5.52. The van der Waals surface area contributed by atoms with Crippen molar-refractivity contribution in [1.82, 2.24) is 5.32 Å². The molecule has 0 radical (unpaired) electrons. The third-order valence-corrected chi connectivity index (χ3v) is 1.53. The number of hydrogen-bond acceptors (Lipinski definition) is 3. The normalized spacial score (nSPS) is 12.8. The summed E-state index contributed by atoms with van der Waals surface area (Å²) in [6, 6.07) is -0.524. The van der Waals surface area contributed by atoms with Gasteiger partial charge in [0.1, 0.15) is 5.78 Å². The average molecular weight is 172 g/mol. The summed E-state index contributed by atoms with van der Waals surface area (Å²) in [6.45, 7) is 5.20. The lowest BCUT2D eigenvalue weighted by Crippen LogP contribution is -2.45. The Kier molecular flexibility index (Phi) is 4.51. The zero-order valence-electron chi connectivity index (χ0n) is 7.76. The van der Waals surface area contributed by atoms with Crippen molar-refractivity contribution in [3.8, 4) is 0 Å². The van der Waals surface area contributed by atoms with Crippen LogP contribution in [0.25, 0.3) is 0 Å². The predicted octanol–water partition coefficient (Wildman–Crippen LogP) is -0.325. The molecule has 3 N–H and O–H groups in total. The van der Waals surface area contributed by atoms with Crippen molar-refractivity contribution >= 4 is 11.7 Å². The number of ketones is 1. The van der Waals surface area contributed by atoms with Crippen LogP contribution in [0.4, 0.5) is 0 Å². The highest BCUT2D eigenvalue weighted by Crippen LogP contribution is 1.97. The highest BCUT2D eigenvalue weighted by molar-refractivity contribution is 5.87. The van der Waals surface area contributed by atoms with Crippen LogP contribution < -0.4 is 11.1 Å². The quantitative estimate of drug-likeness (QED) is 0.610. The number of nitrogens with one attached hydrogen (secondary N) is 1. The minimum atomic E-state index is -0.524. The minimum absolute atomic E-state index is 0.0687. The lowest BCUT2D eigenvalue weighted by molar-refractivity contribution is -0.126. The van der Waals surface area contributed by atoms with Crippen LogP contribution in [0.3, 0.4) is 0 Å². The molecule has 0 aliphatic rings. The second kappa shape index (κ2) is 4.87. The zero-order valence-corrected chi connectivity index (χ0v) is 7.76. The van der Waals surface area contributed by atoms with E-state index in [0.717, 1.165) is 0 Å². The SMILES string of the molecule is CC(=O)CNC(=O)[C@@H](N)C(C)C. The van der Waals surface area contributed by atoms with Gasteiger partial charge < -0.3 is 11.1 Å². The van der Waals surface area contributed by atoms with Gasteiger partial charge in [-0.1, -0.05) is 13.8 Å². The zero-order chi connectivity index (χ0) is 9.72. The first-order valence-electron chi connectivity index (χ1n) is 3.98. The molecule has 0 unspecified atom stereocenters. The van der Waals surface area contributed by atoms with Crippen LogP contribution in [0.1, 0.15) is 20.8 Å². The van der Waals surface area contributed by atoms with Gasteiger partial charge in [0, 0.05) is 0 Å². The Morgan fingerprint density at radius 1 is 1.42 bits per heavy atom. The van der Waals surface area contributed by atoms with Gasteiger partial charge in [0.25, 0.3) is 0 Å². The first-order valence-corrected chi connectivity index (χ1v) is 3.98. The van der Waals surface area contributed by atoms with Gasteiger partial charge in [0.15, 0.2) is 0 Å². The van der Waals surface area contributed by atoms with Crippen molar-refractivity contribution in [2.75, 3.05) is 6.54 Å². The maximum atomic E-state index is 11.1. The van der Waals surface area contributed by atoms with E-state index >= 15 is 0 Å². The molecule has 0 heterocycles. The van der Waals surface area contributed by atoms with E-state index in [1.165, 1.54) is 6.92 Å². The van der Waals surface area contributed by atoms with Crippen molar-refractivity contribution < 1.29 is 9.59 Å². The molecule has 4 heteroatoms. The molecule has 0 rings (SSSR count). The molecule has 1 atom stereocenters. The first kappa shape index (κ1) is 11.1. The standard InChI is InChI=1S/C8H16N2O2/c1-5(2)7(9)8(12)10-4-6(3)11/h5,7H,4,9H2,1-3H3,(H,10,12)/t7-/m0/s1.